The summed E-state index contributed by atoms with van der Waals surface area (Å²) in [7, 11) is 0. The first-order valence-corrected chi connectivity index (χ1v) is 7.92. The third-order valence-corrected chi connectivity index (χ3v) is 3.49. The Labute approximate surface area is 142 Å². The van der Waals surface area contributed by atoms with Crippen LogP contribution in [0.3, 0.4) is 0 Å². The fourth-order valence-corrected chi connectivity index (χ4v) is 2.42. The van der Waals surface area contributed by atoms with E-state index in [0.29, 0.717) is 0 Å². The number of esters is 1. The zero-order chi connectivity index (χ0) is 16.5. The summed E-state index contributed by atoms with van der Waals surface area (Å²) in [5, 5.41) is 11.6. The van der Waals surface area contributed by atoms with Crippen LogP contribution in [-0.4, -0.2) is 35.6 Å². The number of nitrogens with one attached hydrogen (secondary N) is 1. The monoisotopic (exact) mass is 419 g/mol. The van der Waals surface area contributed by atoms with E-state index in [2.05, 4.69) is 27.9 Å². The first kappa shape index (κ1) is 18.4. The molecule has 0 aliphatic carbocycles. The standard InChI is InChI=1S/C15H18INO5/c1-2-22-14(19)7-6-13(18)17-12(15(20)21)9-10-4-3-5-11(16)8-10/h3-5,8,12H,2,6-7,9H2,1H3,(H,17,18)(H,20,21)/t12-/m1/s1. The van der Waals surface area contributed by atoms with E-state index < -0.39 is 23.9 Å². The smallest absolute Gasteiger partial charge is 0.326 e. The van der Waals surface area contributed by atoms with E-state index in [0.717, 1.165) is 9.13 Å². The van der Waals surface area contributed by atoms with Crippen molar-refractivity contribution in [2.24, 2.45) is 0 Å². The zero-order valence-electron chi connectivity index (χ0n) is 12.2. The summed E-state index contributed by atoms with van der Waals surface area (Å²) in [5.74, 6) is -2.06. The highest BCUT2D eigenvalue weighted by atomic mass is 127. The summed E-state index contributed by atoms with van der Waals surface area (Å²) in [4.78, 5) is 34.2. The van der Waals surface area contributed by atoms with E-state index in [1.807, 2.05) is 24.3 Å². The summed E-state index contributed by atoms with van der Waals surface area (Å²) in [6, 6.07) is 6.38. The fourth-order valence-electron chi connectivity index (χ4n) is 1.81. The quantitative estimate of drug-likeness (QED) is 0.495. The Morgan fingerprint density at radius 3 is 2.64 bits per heavy atom. The molecule has 1 aromatic rings. The lowest BCUT2D eigenvalue weighted by atomic mass is 10.1. The number of halogens is 1. The molecule has 0 aliphatic heterocycles. The second kappa shape index (κ2) is 9.39. The molecule has 0 fully saturated rings. The van der Waals surface area contributed by atoms with Crippen LogP contribution < -0.4 is 5.32 Å². The highest BCUT2D eigenvalue weighted by Gasteiger charge is 2.21. The first-order chi connectivity index (χ1) is 10.4. The Bertz CT molecular complexity index is 546. The number of carbonyl (C=O) groups excluding carboxylic acids is 2. The van der Waals surface area contributed by atoms with E-state index in [9.17, 15) is 19.5 Å². The Kier molecular flexibility index (Phi) is 7.86. The van der Waals surface area contributed by atoms with Gasteiger partial charge in [0.25, 0.3) is 0 Å². The van der Waals surface area contributed by atoms with Gasteiger partial charge >= 0.3 is 11.9 Å². The van der Waals surface area contributed by atoms with Gasteiger partial charge in [-0.2, -0.15) is 0 Å². The Morgan fingerprint density at radius 1 is 1.32 bits per heavy atom. The number of hydrogen-bond donors (Lipinski definition) is 2. The van der Waals surface area contributed by atoms with Gasteiger partial charge in [-0.15, -0.1) is 0 Å². The average Bonchev–Trinajstić information content (AvgIpc) is 2.45. The predicted octanol–water partition coefficient (Wildman–Crippen LogP) is 1.75. The summed E-state index contributed by atoms with van der Waals surface area (Å²) in [6.45, 7) is 1.94. The van der Waals surface area contributed by atoms with Crippen LogP contribution in [0.15, 0.2) is 24.3 Å². The molecule has 1 atom stereocenters. The van der Waals surface area contributed by atoms with E-state index in [-0.39, 0.29) is 25.9 Å². The number of carbonyl (C=O) groups is 3. The van der Waals surface area contributed by atoms with E-state index in [1.165, 1.54) is 0 Å². The first-order valence-electron chi connectivity index (χ1n) is 6.84. The van der Waals surface area contributed by atoms with Gasteiger partial charge in [-0.3, -0.25) is 9.59 Å². The van der Waals surface area contributed by atoms with Crippen LogP contribution in [0.2, 0.25) is 0 Å². The predicted molar refractivity (Wildman–Crippen MR) is 88.3 cm³/mol. The van der Waals surface area contributed by atoms with Gasteiger partial charge < -0.3 is 15.2 Å². The molecule has 1 aromatic carbocycles. The molecule has 6 nitrogen and oxygen atoms in total. The molecular formula is C15H18INO5. The number of carboxylic acid groups (broad SMARTS) is 1. The Hall–Kier alpha value is -1.64. The van der Waals surface area contributed by atoms with Crippen LogP contribution in [0.5, 0.6) is 0 Å². The molecule has 0 aromatic heterocycles. The Morgan fingerprint density at radius 2 is 2.05 bits per heavy atom. The van der Waals surface area contributed by atoms with Crippen LogP contribution >= 0.6 is 22.6 Å². The molecule has 0 bridgehead atoms. The van der Waals surface area contributed by atoms with E-state index >= 15 is 0 Å². The molecule has 7 heteroatoms. The van der Waals surface area contributed by atoms with Gasteiger partial charge in [0.05, 0.1) is 13.0 Å². The number of hydrogen-bond acceptors (Lipinski definition) is 4. The maximum absolute atomic E-state index is 11.7. The molecule has 0 aliphatic rings. The van der Waals surface area contributed by atoms with Crippen molar-refractivity contribution in [3.63, 3.8) is 0 Å². The molecule has 0 saturated carbocycles. The van der Waals surface area contributed by atoms with Crippen LogP contribution in [0.25, 0.3) is 0 Å². The van der Waals surface area contributed by atoms with Crippen molar-refractivity contribution in [2.75, 3.05) is 6.61 Å². The van der Waals surface area contributed by atoms with Gasteiger partial charge in [-0.25, -0.2) is 4.79 Å². The molecule has 0 spiro atoms. The van der Waals surface area contributed by atoms with Crippen LogP contribution in [-0.2, 0) is 25.5 Å². The number of aliphatic carboxylic acids is 1. The second-order valence-corrected chi connectivity index (χ2v) is 5.84. The largest absolute Gasteiger partial charge is 0.480 e. The van der Waals surface area contributed by atoms with Gasteiger partial charge in [0.2, 0.25) is 5.91 Å². The minimum Gasteiger partial charge on any atom is -0.480 e. The lowest BCUT2D eigenvalue weighted by Crippen LogP contribution is -2.42. The van der Waals surface area contributed by atoms with Gasteiger partial charge in [0.1, 0.15) is 6.04 Å². The van der Waals surface area contributed by atoms with Gasteiger partial charge in [0.15, 0.2) is 0 Å². The summed E-state index contributed by atoms with van der Waals surface area (Å²) in [5.41, 5.74) is 0.824. The van der Waals surface area contributed by atoms with Crippen molar-refractivity contribution in [1.82, 2.24) is 5.32 Å². The SMILES string of the molecule is CCOC(=O)CCC(=O)N[C@H](Cc1cccc(I)c1)C(=O)O. The summed E-state index contributed by atoms with van der Waals surface area (Å²) < 4.78 is 5.71. The molecule has 0 unspecified atom stereocenters. The second-order valence-electron chi connectivity index (χ2n) is 4.60. The molecular weight excluding hydrogens is 401 g/mol. The van der Waals surface area contributed by atoms with Crippen molar-refractivity contribution in [2.45, 2.75) is 32.2 Å². The third-order valence-electron chi connectivity index (χ3n) is 2.82. The molecule has 1 rings (SSSR count). The lowest BCUT2D eigenvalue weighted by molar-refractivity contribution is -0.144. The van der Waals surface area contributed by atoms with Crippen molar-refractivity contribution in [3.8, 4) is 0 Å². The zero-order valence-corrected chi connectivity index (χ0v) is 14.3. The van der Waals surface area contributed by atoms with Crippen molar-refractivity contribution in [3.05, 3.63) is 33.4 Å². The number of rotatable bonds is 8. The van der Waals surface area contributed by atoms with Crippen LogP contribution in [0.1, 0.15) is 25.3 Å². The van der Waals surface area contributed by atoms with Crippen LogP contribution in [0, 0.1) is 3.57 Å². The number of ether oxygens (including phenoxy) is 1. The molecule has 0 heterocycles. The maximum atomic E-state index is 11.7. The number of amides is 1. The summed E-state index contributed by atoms with van der Waals surface area (Å²) in [6.07, 6.45) is 0.0432. The van der Waals surface area contributed by atoms with Crippen molar-refractivity contribution < 1.29 is 24.2 Å². The van der Waals surface area contributed by atoms with Gasteiger partial charge in [-0.05, 0) is 47.2 Å². The van der Waals surface area contributed by atoms with Gasteiger partial charge in [0, 0.05) is 16.4 Å². The Balaban J connectivity index is 2.55. The normalized spacial score (nSPS) is 11.5. The minimum absolute atomic E-state index is 0.0603. The molecule has 22 heavy (non-hydrogen) atoms. The topological polar surface area (TPSA) is 92.7 Å². The molecule has 0 saturated heterocycles. The van der Waals surface area contributed by atoms with Crippen molar-refractivity contribution >= 4 is 40.4 Å². The third kappa shape index (κ3) is 6.88. The van der Waals surface area contributed by atoms with Crippen molar-refractivity contribution in [1.29, 1.82) is 0 Å². The maximum Gasteiger partial charge on any atom is 0.326 e. The lowest BCUT2D eigenvalue weighted by Gasteiger charge is -2.14. The highest BCUT2D eigenvalue weighted by Crippen LogP contribution is 2.10. The average molecular weight is 419 g/mol. The molecule has 0 radical (unpaired) electrons. The summed E-state index contributed by atoms with van der Waals surface area (Å²) >= 11 is 2.14. The molecule has 120 valence electrons. The van der Waals surface area contributed by atoms with Crippen LogP contribution in [0.4, 0.5) is 0 Å². The highest BCUT2D eigenvalue weighted by molar-refractivity contribution is 14.1. The fraction of sp³-hybridized carbons (Fsp3) is 0.400. The van der Waals surface area contributed by atoms with E-state index in [4.69, 9.17) is 4.74 Å². The van der Waals surface area contributed by atoms with Gasteiger partial charge in [-0.1, -0.05) is 12.1 Å². The number of benzene rings is 1. The van der Waals surface area contributed by atoms with E-state index in [1.54, 1.807) is 6.92 Å². The number of carboxylic acids is 1. The molecule has 1 amide bonds. The molecule has 2 N–H and O–H groups in total. The minimum atomic E-state index is -1.11.